The second-order valence-electron chi connectivity index (χ2n) is 6.52. The van der Waals surface area contributed by atoms with Crippen LogP contribution in [0, 0.1) is 5.82 Å². The van der Waals surface area contributed by atoms with Crippen molar-refractivity contribution in [1.82, 2.24) is 0 Å². The second-order valence-corrected chi connectivity index (χ2v) is 8.58. The fourth-order valence-corrected chi connectivity index (χ4v) is 4.20. The van der Waals surface area contributed by atoms with E-state index in [0.717, 1.165) is 24.3 Å². The maximum absolute atomic E-state index is 14.7. The molecule has 1 aliphatic rings. The number of carbonyl (C=O) groups is 1. The molecule has 2 N–H and O–H groups in total. The minimum atomic E-state index is -3.51. The van der Waals surface area contributed by atoms with Gasteiger partial charge in [0.1, 0.15) is 29.2 Å². The summed E-state index contributed by atoms with van der Waals surface area (Å²) in [5.74, 6) is -4.87. The Labute approximate surface area is 173 Å². The first-order chi connectivity index (χ1) is 13.0. The number of aliphatic imine (C=N–C) groups is 1. The van der Waals surface area contributed by atoms with Crippen LogP contribution in [0.15, 0.2) is 29.3 Å². The number of nitrogens with zero attached hydrogens (tertiary/aromatic N) is 1. The third-order valence-corrected chi connectivity index (χ3v) is 6.36. The Kier molecular flexibility index (Phi) is 5.78. The fourth-order valence-electron chi connectivity index (χ4n) is 2.89. The van der Waals surface area contributed by atoms with E-state index in [1.165, 1.54) is 18.2 Å². The molecule has 3 rings (SSSR count). The first-order valence-corrected chi connectivity index (χ1v) is 9.67. The van der Waals surface area contributed by atoms with E-state index < -0.39 is 23.9 Å². The lowest BCUT2D eigenvalue weighted by Gasteiger charge is -2.33. The van der Waals surface area contributed by atoms with Gasteiger partial charge in [-0.3, -0.25) is 9.79 Å². The number of ketones is 1. The Morgan fingerprint density at radius 1 is 1.36 bits per heavy atom. The van der Waals surface area contributed by atoms with E-state index in [4.69, 9.17) is 33.7 Å². The maximum atomic E-state index is 14.7. The molecule has 0 fully saturated rings. The molecule has 28 heavy (non-hydrogen) atoms. The van der Waals surface area contributed by atoms with E-state index in [9.17, 15) is 18.0 Å². The molecule has 0 saturated carbocycles. The molecule has 0 aliphatic carbocycles. The third-order valence-electron chi connectivity index (χ3n) is 4.45. The molecular weight excluding hydrogens is 436 g/mol. The number of hydrogen-bond donors (Lipinski definition) is 1. The first-order valence-electron chi connectivity index (χ1n) is 8.10. The van der Waals surface area contributed by atoms with E-state index in [2.05, 4.69) is 4.99 Å². The van der Waals surface area contributed by atoms with Crippen molar-refractivity contribution in [2.45, 2.75) is 24.8 Å². The van der Waals surface area contributed by atoms with Crippen molar-refractivity contribution < 1.29 is 22.7 Å². The minimum Gasteiger partial charge on any atom is -0.385 e. The average molecular weight is 451 g/mol. The van der Waals surface area contributed by atoms with Crippen molar-refractivity contribution >= 4 is 46.2 Å². The van der Waals surface area contributed by atoms with Gasteiger partial charge in [-0.2, -0.15) is 0 Å². The number of halogens is 5. The molecule has 4 nitrogen and oxygen atoms in total. The highest BCUT2D eigenvalue weighted by Crippen LogP contribution is 2.43. The van der Waals surface area contributed by atoms with Gasteiger partial charge in [-0.15, -0.1) is 11.3 Å². The van der Waals surface area contributed by atoms with Crippen LogP contribution in [0.1, 0.15) is 27.7 Å². The highest BCUT2D eigenvalue weighted by molar-refractivity contribution is 7.18. The molecule has 0 radical (unpaired) electrons. The molecule has 0 amide bonds. The highest BCUT2D eigenvalue weighted by atomic mass is 35.5. The number of hydrogen-bond acceptors (Lipinski definition) is 5. The number of amidine groups is 1. The zero-order chi connectivity index (χ0) is 20.7. The Bertz CT molecular complexity index is 945. The van der Waals surface area contributed by atoms with E-state index in [1.54, 1.807) is 0 Å². The van der Waals surface area contributed by atoms with Crippen molar-refractivity contribution in [2.24, 2.45) is 10.7 Å². The van der Waals surface area contributed by atoms with E-state index in [-0.39, 0.29) is 39.6 Å². The lowest BCUT2D eigenvalue weighted by Crippen LogP contribution is -2.45. The molecule has 2 aromatic rings. The van der Waals surface area contributed by atoms with Crippen molar-refractivity contribution in [3.63, 3.8) is 0 Å². The average Bonchev–Trinajstić information content (AvgIpc) is 2.90. The number of thiophene rings is 1. The summed E-state index contributed by atoms with van der Waals surface area (Å²) in [4.78, 5) is 16.6. The van der Waals surface area contributed by atoms with Gasteiger partial charge >= 0.3 is 0 Å². The van der Waals surface area contributed by atoms with Gasteiger partial charge in [0.05, 0.1) is 9.90 Å². The predicted octanol–water partition coefficient (Wildman–Crippen LogP) is 4.86. The molecule has 1 atom stereocenters. The molecule has 0 bridgehead atoms. The van der Waals surface area contributed by atoms with Gasteiger partial charge in [-0.25, -0.2) is 13.2 Å². The van der Waals surface area contributed by atoms with Crippen molar-refractivity contribution in [2.75, 3.05) is 13.2 Å². The van der Waals surface area contributed by atoms with Crippen molar-refractivity contribution in [3.8, 4) is 0 Å². The van der Waals surface area contributed by atoms with Crippen molar-refractivity contribution in [3.05, 3.63) is 55.4 Å². The summed E-state index contributed by atoms with van der Waals surface area (Å²) in [7, 11) is 0. The largest absolute Gasteiger partial charge is 0.385 e. The molecule has 1 aliphatic heterocycles. The van der Waals surface area contributed by atoms with Crippen LogP contribution in [-0.4, -0.2) is 30.8 Å². The highest BCUT2D eigenvalue weighted by Gasteiger charge is 2.54. The SMILES string of the molecule is C[C@]1(c2cc(CC(=O)c3cc(Cl)c(Cl)s3)ccc2F)N=C(N)COCC1(F)F. The van der Waals surface area contributed by atoms with Crippen LogP contribution in [0.5, 0.6) is 0 Å². The van der Waals surface area contributed by atoms with Crippen LogP contribution in [0.25, 0.3) is 0 Å². The summed E-state index contributed by atoms with van der Waals surface area (Å²) < 4.78 is 49.1. The lowest BCUT2D eigenvalue weighted by atomic mass is 9.84. The normalized spacial score (nSPS) is 21.9. The van der Waals surface area contributed by atoms with Gasteiger partial charge in [-0.1, -0.05) is 29.3 Å². The molecule has 0 spiro atoms. The smallest absolute Gasteiger partial charge is 0.299 e. The van der Waals surface area contributed by atoms with Crippen LogP contribution in [0.2, 0.25) is 9.36 Å². The number of ether oxygens (including phenoxy) is 1. The Morgan fingerprint density at radius 2 is 2.07 bits per heavy atom. The number of rotatable bonds is 4. The van der Waals surface area contributed by atoms with Crippen LogP contribution >= 0.6 is 34.5 Å². The Balaban J connectivity index is 1.99. The van der Waals surface area contributed by atoms with Gasteiger partial charge in [-0.05, 0) is 30.7 Å². The van der Waals surface area contributed by atoms with E-state index >= 15 is 0 Å². The van der Waals surface area contributed by atoms with Crippen LogP contribution in [0.4, 0.5) is 13.2 Å². The molecule has 0 saturated heterocycles. The van der Waals surface area contributed by atoms with Crippen molar-refractivity contribution in [1.29, 1.82) is 0 Å². The van der Waals surface area contributed by atoms with Gasteiger partial charge in [0.2, 0.25) is 0 Å². The topological polar surface area (TPSA) is 64.7 Å². The lowest BCUT2D eigenvalue weighted by molar-refractivity contribution is -0.116. The summed E-state index contributed by atoms with van der Waals surface area (Å²) in [6.07, 6.45) is -0.141. The monoisotopic (exact) mass is 450 g/mol. The fraction of sp³-hybridized carbons (Fsp3) is 0.333. The molecule has 2 heterocycles. The summed E-state index contributed by atoms with van der Waals surface area (Å²) in [6, 6.07) is 5.03. The third kappa shape index (κ3) is 3.91. The summed E-state index contributed by atoms with van der Waals surface area (Å²) >= 11 is 12.7. The number of alkyl halides is 2. The molecular formula is C18H15Cl2F3N2O2S. The van der Waals surface area contributed by atoms with Gasteiger partial charge in [0, 0.05) is 12.0 Å². The zero-order valence-corrected chi connectivity index (χ0v) is 16.9. The van der Waals surface area contributed by atoms with Crippen LogP contribution in [-0.2, 0) is 16.7 Å². The number of Topliss-reactive ketones (excluding diaryl/α,β-unsaturated/α-hetero) is 1. The second kappa shape index (κ2) is 7.67. The number of nitrogens with two attached hydrogens (primary N) is 1. The number of benzene rings is 1. The van der Waals surface area contributed by atoms with Crippen LogP contribution in [0.3, 0.4) is 0 Å². The standard InChI is InChI=1S/C18H15Cl2F3N2O2S/c1-17(18(22,23)8-27-7-15(24)25-17)10-4-9(2-3-12(10)21)5-13(26)14-6-11(19)16(20)28-14/h2-4,6H,5,7-8H2,1H3,(H2,24,25)/t17-/m1/s1. The maximum Gasteiger partial charge on any atom is 0.299 e. The quantitative estimate of drug-likeness (QED) is 0.676. The molecule has 1 aromatic heterocycles. The first kappa shape index (κ1) is 21.1. The van der Waals surface area contributed by atoms with Gasteiger partial charge < -0.3 is 10.5 Å². The summed E-state index contributed by atoms with van der Waals surface area (Å²) in [5, 5.41) is 0.255. The Morgan fingerprint density at radius 3 is 2.71 bits per heavy atom. The van der Waals surface area contributed by atoms with E-state index in [1.807, 2.05) is 0 Å². The molecule has 150 valence electrons. The Hall–Kier alpha value is -1.61. The van der Waals surface area contributed by atoms with Crippen LogP contribution < -0.4 is 5.73 Å². The van der Waals surface area contributed by atoms with Gasteiger partial charge in [0.15, 0.2) is 11.3 Å². The minimum absolute atomic E-state index is 0.141. The van der Waals surface area contributed by atoms with Gasteiger partial charge in [0.25, 0.3) is 5.92 Å². The molecule has 10 heteroatoms. The zero-order valence-electron chi connectivity index (χ0n) is 14.6. The number of carbonyl (C=O) groups excluding carboxylic acids is 1. The molecule has 0 unspecified atom stereocenters. The summed E-state index contributed by atoms with van der Waals surface area (Å²) in [5.41, 5.74) is 3.33. The molecule has 1 aromatic carbocycles. The predicted molar refractivity (Wildman–Crippen MR) is 104 cm³/mol. The van der Waals surface area contributed by atoms with E-state index in [0.29, 0.717) is 10.4 Å². The summed E-state index contributed by atoms with van der Waals surface area (Å²) in [6.45, 7) is -0.134.